The third-order valence-electron chi connectivity index (χ3n) is 6.57. The molecular weight excluding hydrogens is 432 g/mol. The van der Waals surface area contributed by atoms with Crippen molar-refractivity contribution in [3.8, 4) is 11.5 Å². The van der Waals surface area contributed by atoms with Gasteiger partial charge < -0.3 is 14.9 Å². The molecule has 3 heteroatoms. The molecular formula is C32H46O3. The number of aliphatic hydroxyl groups is 2. The molecule has 3 nitrogen and oxygen atoms in total. The zero-order valence-electron chi connectivity index (χ0n) is 22.1. The number of benzene rings is 2. The summed E-state index contributed by atoms with van der Waals surface area (Å²) in [7, 11) is 0. The van der Waals surface area contributed by atoms with Crippen LogP contribution < -0.4 is 4.74 Å². The summed E-state index contributed by atoms with van der Waals surface area (Å²) in [4.78, 5) is 0. The number of rotatable bonds is 18. The number of ether oxygens (including phenoxy) is 1. The van der Waals surface area contributed by atoms with Crippen LogP contribution in [0.1, 0.15) is 113 Å². The standard InChI is InChI=1S/C32H46O3/c1-5-7-9-11-13-15-17-27-19-21-31(29(23-27)25(3)33)35-32-22-20-28(24-30(32)26(4)34)18-16-14-12-10-8-6-2/h19-24,33-34H,3-18H2,1-2H3. The van der Waals surface area contributed by atoms with Gasteiger partial charge in [0, 0.05) is 0 Å². The number of aryl methyl sites for hydroxylation is 2. The van der Waals surface area contributed by atoms with Crippen LogP contribution in [0.3, 0.4) is 0 Å². The average Bonchev–Trinajstić information content (AvgIpc) is 2.84. The fraction of sp³-hybridized carbons (Fsp3) is 0.500. The summed E-state index contributed by atoms with van der Waals surface area (Å²) in [6, 6.07) is 11.8. The Morgan fingerprint density at radius 2 is 0.971 bits per heavy atom. The highest BCUT2D eigenvalue weighted by molar-refractivity contribution is 5.67. The van der Waals surface area contributed by atoms with Crippen LogP contribution >= 0.6 is 0 Å². The fourth-order valence-corrected chi connectivity index (χ4v) is 4.43. The quantitative estimate of drug-likeness (QED) is 0.165. The molecule has 0 aromatic heterocycles. The highest BCUT2D eigenvalue weighted by Crippen LogP contribution is 2.34. The molecule has 2 rings (SSSR count). The van der Waals surface area contributed by atoms with Gasteiger partial charge in [-0.05, 0) is 61.1 Å². The van der Waals surface area contributed by atoms with E-state index in [1.165, 1.54) is 75.3 Å². The lowest BCUT2D eigenvalue weighted by Crippen LogP contribution is -1.98. The Balaban J connectivity index is 2.05. The van der Waals surface area contributed by atoms with Crippen molar-refractivity contribution in [2.75, 3.05) is 0 Å². The molecule has 0 amide bonds. The Morgan fingerprint density at radius 1 is 0.600 bits per heavy atom. The van der Waals surface area contributed by atoms with E-state index in [0.717, 1.165) is 25.7 Å². The lowest BCUT2D eigenvalue weighted by molar-refractivity contribution is 0.457. The maximum absolute atomic E-state index is 10.2. The van der Waals surface area contributed by atoms with E-state index >= 15 is 0 Å². The lowest BCUT2D eigenvalue weighted by atomic mass is 10.0. The second kappa shape index (κ2) is 16.1. The summed E-state index contributed by atoms with van der Waals surface area (Å²) < 4.78 is 6.17. The molecule has 192 valence electrons. The molecule has 0 aliphatic rings. The number of hydrogen-bond donors (Lipinski definition) is 2. The Hall–Kier alpha value is -2.68. The highest BCUT2D eigenvalue weighted by atomic mass is 16.5. The van der Waals surface area contributed by atoms with E-state index in [1.54, 1.807) is 0 Å². The van der Waals surface area contributed by atoms with Crippen LogP contribution in [0.5, 0.6) is 11.5 Å². The monoisotopic (exact) mass is 478 g/mol. The summed E-state index contributed by atoms with van der Waals surface area (Å²) in [5, 5.41) is 20.5. The second-order valence-corrected chi connectivity index (χ2v) is 9.69. The van der Waals surface area contributed by atoms with Gasteiger partial charge in [0.2, 0.25) is 0 Å². The van der Waals surface area contributed by atoms with E-state index in [1.807, 2.05) is 36.4 Å². The SMILES string of the molecule is C=C(O)c1cc(CCCCCCCC)ccc1Oc1ccc(CCCCCCCC)cc1C(=C)O. The third-order valence-corrected chi connectivity index (χ3v) is 6.57. The summed E-state index contributed by atoms with van der Waals surface area (Å²) in [6.07, 6.45) is 17.0. The van der Waals surface area contributed by atoms with Gasteiger partial charge in [0.1, 0.15) is 23.0 Å². The molecule has 0 aliphatic heterocycles. The molecule has 0 heterocycles. The molecule has 0 saturated heterocycles. The van der Waals surface area contributed by atoms with Crippen LogP contribution in [-0.4, -0.2) is 10.2 Å². The molecule has 0 unspecified atom stereocenters. The predicted molar refractivity (Wildman–Crippen MR) is 150 cm³/mol. The van der Waals surface area contributed by atoms with Crippen molar-refractivity contribution >= 4 is 11.5 Å². The van der Waals surface area contributed by atoms with Crippen molar-refractivity contribution < 1.29 is 14.9 Å². The molecule has 0 atom stereocenters. The Kier molecular flexibility index (Phi) is 13.1. The van der Waals surface area contributed by atoms with Crippen molar-refractivity contribution in [1.29, 1.82) is 0 Å². The summed E-state index contributed by atoms with van der Waals surface area (Å²) in [5.41, 5.74) is 3.50. The van der Waals surface area contributed by atoms with Crippen LogP contribution in [0.4, 0.5) is 0 Å². The molecule has 0 spiro atoms. The van der Waals surface area contributed by atoms with Crippen LogP contribution in [0.25, 0.3) is 11.5 Å². The Labute approximate surface area is 213 Å². The van der Waals surface area contributed by atoms with Crippen LogP contribution in [0, 0.1) is 0 Å². The first-order valence-corrected chi connectivity index (χ1v) is 13.7. The second-order valence-electron chi connectivity index (χ2n) is 9.69. The van der Waals surface area contributed by atoms with E-state index in [0.29, 0.717) is 22.6 Å². The smallest absolute Gasteiger partial charge is 0.138 e. The molecule has 2 N–H and O–H groups in total. The van der Waals surface area contributed by atoms with Gasteiger partial charge in [-0.1, -0.05) is 103 Å². The third kappa shape index (κ3) is 10.2. The fourth-order valence-electron chi connectivity index (χ4n) is 4.43. The van der Waals surface area contributed by atoms with Gasteiger partial charge in [-0.15, -0.1) is 0 Å². The maximum Gasteiger partial charge on any atom is 0.138 e. The van der Waals surface area contributed by atoms with Crippen molar-refractivity contribution in [3.05, 3.63) is 71.8 Å². The molecule has 0 fully saturated rings. The topological polar surface area (TPSA) is 49.7 Å². The number of aliphatic hydroxyl groups excluding tert-OH is 2. The molecule has 2 aromatic carbocycles. The highest BCUT2D eigenvalue weighted by Gasteiger charge is 2.14. The largest absolute Gasteiger partial charge is 0.508 e. The van der Waals surface area contributed by atoms with Crippen LogP contribution in [0.2, 0.25) is 0 Å². The van der Waals surface area contributed by atoms with Crippen LogP contribution in [0.15, 0.2) is 49.6 Å². The average molecular weight is 479 g/mol. The van der Waals surface area contributed by atoms with Crippen molar-refractivity contribution in [2.45, 2.75) is 104 Å². The van der Waals surface area contributed by atoms with Crippen LogP contribution in [-0.2, 0) is 12.8 Å². The van der Waals surface area contributed by atoms with Crippen molar-refractivity contribution in [2.24, 2.45) is 0 Å². The van der Waals surface area contributed by atoms with Gasteiger partial charge in [0.05, 0.1) is 11.1 Å². The first-order valence-electron chi connectivity index (χ1n) is 13.7. The zero-order chi connectivity index (χ0) is 25.5. The van der Waals surface area contributed by atoms with Gasteiger partial charge >= 0.3 is 0 Å². The van der Waals surface area contributed by atoms with Gasteiger partial charge in [-0.2, -0.15) is 0 Å². The molecule has 35 heavy (non-hydrogen) atoms. The first-order chi connectivity index (χ1) is 17.0. The van der Waals surface area contributed by atoms with E-state index < -0.39 is 0 Å². The molecule has 0 aliphatic carbocycles. The van der Waals surface area contributed by atoms with E-state index in [-0.39, 0.29) is 11.5 Å². The van der Waals surface area contributed by atoms with Crippen molar-refractivity contribution in [1.82, 2.24) is 0 Å². The summed E-state index contributed by atoms with van der Waals surface area (Å²) >= 11 is 0. The Bertz CT molecular complexity index is 853. The van der Waals surface area contributed by atoms with Gasteiger partial charge in [0.15, 0.2) is 0 Å². The normalized spacial score (nSPS) is 10.9. The zero-order valence-corrected chi connectivity index (χ0v) is 22.1. The van der Waals surface area contributed by atoms with Gasteiger partial charge in [0.25, 0.3) is 0 Å². The van der Waals surface area contributed by atoms with E-state index in [2.05, 4.69) is 27.0 Å². The molecule has 0 bridgehead atoms. The van der Waals surface area contributed by atoms with E-state index in [4.69, 9.17) is 4.74 Å². The minimum Gasteiger partial charge on any atom is -0.508 e. The van der Waals surface area contributed by atoms with Crippen molar-refractivity contribution in [3.63, 3.8) is 0 Å². The molecule has 2 aromatic rings. The maximum atomic E-state index is 10.2. The molecule has 0 saturated carbocycles. The minimum absolute atomic E-state index is 0.0196. The number of unbranched alkanes of at least 4 members (excludes halogenated alkanes) is 10. The Morgan fingerprint density at radius 3 is 1.34 bits per heavy atom. The molecule has 0 radical (unpaired) electrons. The lowest BCUT2D eigenvalue weighted by Gasteiger charge is -2.16. The summed E-state index contributed by atoms with van der Waals surface area (Å²) in [6.45, 7) is 11.9. The van der Waals surface area contributed by atoms with E-state index in [9.17, 15) is 10.2 Å². The summed E-state index contributed by atoms with van der Waals surface area (Å²) in [5.74, 6) is 1.01. The number of hydrogen-bond acceptors (Lipinski definition) is 3. The minimum atomic E-state index is -0.0196. The van der Waals surface area contributed by atoms with Gasteiger partial charge in [-0.3, -0.25) is 0 Å². The predicted octanol–water partition coefficient (Wildman–Crippen LogP) is 10.3. The first kappa shape index (κ1) is 28.6. The van der Waals surface area contributed by atoms with Gasteiger partial charge in [-0.25, -0.2) is 0 Å².